The first kappa shape index (κ1) is 20.3. The van der Waals surface area contributed by atoms with Gasteiger partial charge in [0.1, 0.15) is 0 Å². The van der Waals surface area contributed by atoms with E-state index < -0.39 is 0 Å². The van der Waals surface area contributed by atoms with Gasteiger partial charge in [0.25, 0.3) is 5.91 Å². The molecule has 0 saturated carbocycles. The number of carbonyl (C=O) groups is 1. The maximum absolute atomic E-state index is 13.3. The lowest BCUT2D eigenvalue weighted by Gasteiger charge is -2.46. The summed E-state index contributed by atoms with van der Waals surface area (Å²) in [5.74, 6) is 0.419. The molecule has 1 aromatic carbocycles. The van der Waals surface area contributed by atoms with Gasteiger partial charge in [0.15, 0.2) is 5.69 Å². The zero-order valence-corrected chi connectivity index (χ0v) is 17.6. The summed E-state index contributed by atoms with van der Waals surface area (Å²) < 4.78 is 0. The number of likely N-dealkylation sites (tertiary alicyclic amines) is 1. The Morgan fingerprint density at radius 2 is 2.03 bits per heavy atom. The fraction of sp³-hybridized carbons (Fsp3) is 0.636. The number of benzene rings is 1. The van der Waals surface area contributed by atoms with Crippen LogP contribution in [0.1, 0.15) is 35.3 Å². The average Bonchev–Trinajstić information content (AvgIpc) is 3.15. The fourth-order valence-electron chi connectivity index (χ4n) is 4.92. The van der Waals surface area contributed by atoms with Gasteiger partial charge in [-0.1, -0.05) is 11.6 Å². The standard InChI is InChI=1S/C22H33N5O2/c1-16-5-6-19-18(14-16)21(24-23-19)22(29)27-8-7-20(17(15-27)4-3-13-28)26-11-9-25(2)10-12-26/h5-6,14,17,20,28H,3-4,7-13,15H2,1-2H3,(H,23,24)/t17-,20+/m0/s1. The Balaban J connectivity index is 1.50. The zero-order chi connectivity index (χ0) is 20.4. The van der Waals surface area contributed by atoms with Crippen LogP contribution < -0.4 is 0 Å². The van der Waals surface area contributed by atoms with E-state index in [1.54, 1.807) is 0 Å². The zero-order valence-electron chi connectivity index (χ0n) is 17.6. The van der Waals surface area contributed by atoms with E-state index in [2.05, 4.69) is 27.0 Å². The van der Waals surface area contributed by atoms with Crippen LogP contribution in [0.2, 0.25) is 0 Å². The highest BCUT2D eigenvalue weighted by Gasteiger charge is 2.36. The largest absolute Gasteiger partial charge is 0.396 e. The maximum Gasteiger partial charge on any atom is 0.275 e. The minimum absolute atomic E-state index is 0.0210. The van der Waals surface area contributed by atoms with Crippen molar-refractivity contribution in [2.75, 3.05) is 52.9 Å². The third kappa shape index (κ3) is 4.32. The third-order valence-electron chi connectivity index (χ3n) is 6.64. The van der Waals surface area contributed by atoms with Crippen molar-refractivity contribution in [1.82, 2.24) is 24.9 Å². The number of piperazine rings is 1. The molecule has 1 amide bonds. The van der Waals surface area contributed by atoms with E-state index in [9.17, 15) is 9.90 Å². The quantitative estimate of drug-likeness (QED) is 0.801. The van der Waals surface area contributed by atoms with Gasteiger partial charge >= 0.3 is 0 Å². The molecule has 2 saturated heterocycles. The summed E-state index contributed by atoms with van der Waals surface area (Å²) in [4.78, 5) is 20.3. The lowest BCUT2D eigenvalue weighted by molar-refractivity contribution is 0.0216. The number of fused-ring (bicyclic) bond motifs is 1. The summed E-state index contributed by atoms with van der Waals surface area (Å²) in [5.41, 5.74) is 2.56. The number of aliphatic hydroxyl groups is 1. The Kier molecular flexibility index (Phi) is 6.18. The summed E-state index contributed by atoms with van der Waals surface area (Å²) in [6.45, 7) is 8.15. The number of aromatic nitrogens is 2. The number of carbonyl (C=O) groups excluding carboxylic acids is 1. The van der Waals surface area contributed by atoms with E-state index in [1.807, 2.05) is 30.0 Å². The van der Waals surface area contributed by atoms with Crippen molar-refractivity contribution in [2.45, 2.75) is 32.2 Å². The first-order chi connectivity index (χ1) is 14.1. The van der Waals surface area contributed by atoms with Gasteiger partial charge in [-0.2, -0.15) is 5.10 Å². The first-order valence-corrected chi connectivity index (χ1v) is 10.8. The smallest absolute Gasteiger partial charge is 0.275 e. The van der Waals surface area contributed by atoms with Crippen LogP contribution in [0.5, 0.6) is 0 Å². The number of nitrogens with zero attached hydrogens (tertiary/aromatic N) is 4. The number of amides is 1. The third-order valence-corrected chi connectivity index (χ3v) is 6.64. The molecule has 1 aromatic heterocycles. The van der Waals surface area contributed by atoms with Crippen molar-refractivity contribution in [2.24, 2.45) is 5.92 Å². The van der Waals surface area contributed by atoms with Gasteiger partial charge in [-0.25, -0.2) is 0 Å². The van der Waals surface area contributed by atoms with Gasteiger partial charge in [0.2, 0.25) is 0 Å². The number of aliphatic hydroxyl groups excluding tert-OH is 1. The minimum atomic E-state index is 0.0210. The van der Waals surface area contributed by atoms with E-state index in [0.717, 1.165) is 75.0 Å². The molecule has 2 N–H and O–H groups in total. The number of H-pyrrole nitrogens is 1. The van der Waals surface area contributed by atoms with Crippen LogP contribution in [-0.2, 0) is 0 Å². The summed E-state index contributed by atoms with van der Waals surface area (Å²) in [6, 6.07) is 6.54. The minimum Gasteiger partial charge on any atom is -0.396 e. The number of aromatic amines is 1. The van der Waals surface area contributed by atoms with E-state index in [1.165, 1.54) is 0 Å². The van der Waals surface area contributed by atoms with Crippen molar-refractivity contribution in [1.29, 1.82) is 0 Å². The SMILES string of the molecule is Cc1ccc2[nH]nc(C(=O)N3CC[C@@H](N4CCN(C)CC4)[C@@H](CCCO)C3)c2c1. The van der Waals surface area contributed by atoms with Gasteiger partial charge < -0.3 is 14.9 Å². The molecule has 29 heavy (non-hydrogen) atoms. The monoisotopic (exact) mass is 399 g/mol. The van der Waals surface area contributed by atoms with Crippen LogP contribution in [0.15, 0.2) is 18.2 Å². The van der Waals surface area contributed by atoms with Crippen LogP contribution in [-0.4, -0.2) is 94.9 Å². The first-order valence-electron chi connectivity index (χ1n) is 10.8. The Bertz CT molecular complexity index is 843. The molecule has 2 aliphatic rings. The normalized spacial score (nSPS) is 24.3. The van der Waals surface area contributed by atoms with E-state index in [4.69, 9.17) is 0 Å². The van der Waals surface area contributed by atoms with Crippen molar-refractivity contribution in [3.8, 4) is 0 Å². The molecule has 0 bridgehead atoms. The topological polar surface area (TPSA) is 75.7 Å². The summed E-state index contributed by atoms with van der Waals surface area (Å²) in [5, 5.41) is 17.6. The molecule has 2 fully saturated rings. The van der Waals surface area contributed by atoms with Crippen molar-refractivity contribution in [3.63, 3.8) is 0 Å². The predicted octanol–water partition coefficient (Wildman–Crippen LogP) is 1.72. The van der Waals surface area contributed by atoms with E-state index in [-0.39, 0.29) is 12.5 Å². The molecule has 7 nitrogen and oxygen atoms in total. The summed E-state index contributed by atoms with van der Waals surface area (Å²) >= 11 is 0. The van der Waals surface area contributed by atoms with Crippen LogP contribution in [0.3, 0.4) is 0 Å². The lowest BCUT2D eigenvalue weighted by Crippen LogP contribution is -2.57. The van der Waals surface area contributed by atoms with E-state index >= 15 is 0 Å². The molecule has 0 radical (unpaired) electrons. The Labute approximate surface area is 172 Å². The number of aryl methyl sites for hydroxylation is 1. The molecule has 2 aliphatic heterocycles. The Morgan fingerprint density at radius 3 is 2.79 bits per heavy atom. The van der Waals surface area contributed by atoms with Gasteiger partial charge in [0.05, 0.1) is 5.52 Å². The average molecular weight is 400 g/mol. The second-order valence-corrected chi connectivity index (χ2v) is 8.69. The Hall–Kier alpha value is -1.96. The number of piperidine rings is 1. The van der Waals surface area contributed by atoms with Crippen molar-refractivity contribution in [3.05, 3.63) is 29.5 Å². The molecule has 0 unspecified atom stereocenters. The fourth-order valence-corrected chi connectivity index (χ4v) is 4.92. The van der Waals surface area contributed by atoms with Crippen molar-refractivity contribution >= 4 is 16.8 Å². The summed E-state index contributed by atoms with van der Waals surface area (Å²) in [7, 11) is 2.18. The summed E-state index contributed by atoms with van der Waals surface area (Å²) in [6.07, 6.45) is 2.74. The van der Waals surface area contributed by atoms with Crippen molar-refractivity contribution < 1.29 is 9.90 Å². The molecule has 158 valence electrons. The van der Waals surface area contributed by atoms with Gasteiger partial charge in [-0.05, 0) is 51.3 Å². The highest BCUT2D eigenvalue weighted by atomic mass is 16.3. The maximum atomic E-state index is 13.3. The number of nitrogens with one attached hydrogen (secondary N) is 1. The highest BCUT2D eigenvalue weighted by molar-refractivity contribution is 6.04. The molecule has 2 atom stereocenters. The second kappa shape index (κ2) is 8.81. The van der Waals surface area contributed by atoms with Gasteiger partial charge in [-0.3, -0.25) is 14.8 Å². The Morgan fingerprint density at radius 1 is 1.24 bits per heavy atom. The number of rotatable bonds is 5. The molecule has 0 aliphatic carbocycles. The van der Waals surface area contributed by atoms with E-state index in [0.29, 0.717) is 17.7 Å². The predicted molar refractivity (Wildman–Crippen MR) is 114 cm³/mol. The van der Waals surface area contributed by atoms with Crippen LogP contribution >= 0.6 is 0 Å². The molecular formula is C22H33N5O2. The van der Waals surface area contributed by atoms with Gasteiger partial charge in [-0.15, -0.1) is 0 Å². The molecule has 3 heterocycles. The molecule has 4 rings (SSSR count). The van der Waals surface area contributed by atoms with Crippen LogP contribution in [0.25, 0.3) is 10.9 Å². The highest BCUT2D eigenvalue weighted by Crippen LogP contribution is 2.29. The molecule has 2 aromatic rings. The van der Waals surface area contributed by atoms with Crippen LogP contribution in [0.4, 0.5) is 0 Å². The molecule has 7 heteroatoms. The number of likely N-dealkylation sites (N-methyl/N-ethyl adjacent to an activating group) is 1. The van der Waals surface area contributed by atoms with Gasteiger partial charge in [0, 0.05) is 57.3 Å². The van der Waals surface area contributed by atoms with Crippen LogP contribution in [0, 0.1) is 12.8 Å². The number of hydrogen-bond acceptors (Lipinski definition) is 5. The second-order valence-electron chi connectivity index (χ2n) is 8.69. The lowest BCUT2D eigenvalue weighted by atomic mass is 9.86. The molecule has 0 spiro atoms. The number of hydrogen-bond donors (Lipinski definition) is 2. The molecular weight excluding hydrogens is 366 g/mol.